The van der Waals surface area contributed by atoms with Crippen LogP contribution in [0.25, 0.3) is 22.0 Å². The van der Waals surface area contributed by atoms with Crippen molar-refractivity contribution < 1.29 is 4.79 Å². The number of nitrogens with zero attached hydrogens (tertiary/aromatic N) is 3. The molecule has 0 radical (unpaired) electrons. The van der Waals surface area contributed by atoms with Crippen LogP contribution in [-0.4, -0.2) is 46.1 Å². The lowest BCUT2D eigenvalue weighted by molar-refractivity contribution is -0.133. The number of rotatable bonds is 8. The zero-order chi connectivity index (χ0) is 27.5. The largest absolute Gasteiger partial charge is 0.321 e. The zero-order valence-electron chi connectivity index (χ0n) is 22.0. The first-order chi connectivity index (χ1) is 18.9. The molecule has 3 aromatic carbocycles. The number of aromatic amines is 1. The Hall–Kier alpha value is -3.07. The maximum atomic E-state index is 13.7. The van der Waals surface area contributed by atoms with Gasteiger partial charge < -0.3 is 9.88 Å². The van der Waals surface area contributed by atoms with Crippen molar-refractivity contribution in [2.75, 3.05) is 19.6 Å². The highest BCUT2D eigenvalue weighted by molar-refractivity contribution is 9.10. The van der Waals surface area contributed by atoms with Crippen molar-refractivity contribution in [2.45, 2.75) is 32.7 Å². The van der Waals surface area contributed by atoms with Gasteiger partial charge >= 0.3 is 0 Å². The summed E-state index contributed by atoms with van der Waals surface area (Å²) in [5.74, 6) is -0.0500. The monoisotopic (exact) mass is 648 g/mol. The molecule has 0 aliphatic carbocycles. The molecule has 1 atom stereocenters. The Morgan fingerprint density at radius 2 is 1.67 bits per heavy atom. The average molecular weight is 650 g/mol. The summed E-state index contributed by atoms with van der Waals surface area (Å²) in [6, 6.07) is 23.4. The Bertz CT molecular complexity index is 1580. The minimum absolute atomic E-state index is 0.0500. The molecule has 5 rings (SSSR count). The summed E-state index contributed by atoms with van der Waals surface area (Å²) in [4.78, 5) is 32.6. The molecule has 0 saturated heterocycles. The van der Waals surface area contributed by atoms with Crippen LogP contribution in [0.5, 0.6) is 0 Å². The number of carbonyl (C=O) groups excluding carboxylic acids is 1. The van der Waals surface area contributed by atoms with Gasteiger partial charge in [-0.05, 0) is 54.5 Å². The molecule has 0 spiro atoms. The van der Waals surface area contributed by atoms with Crippen LogP contribution in [0.1, 0.15) is 43.9 Å². The Morgan fingerprint density at radius 3 is 2.36 bits per heavy atom. The molecular formula is C31H30Br2N4O2. The van der Waals surface area contributed by atoms with E-state index in [1.54, 1.807) is 5.01 Å². The first-order valence-electron chi connectivity index (χ1n) is 13.2. The van der Waals surface area contributed by atoms with Crippen LogP contribution in [0, 0.1) is 0 Å². The number of hydrazone groups is 1. The van der Waals surface area contributed by atoms with Gasteiger partial charge in [0.1, 0.15) is 0 Å². The Morgan fingerprint density at radius 1 is 0.974 bits per heavy atom. The lowest BCUT2D eigenvalue weighted by Crippen LogP contribution is -2.32. The Balaban J connectivity index is 1.65. The Labute approximate surface area is 245 Å². The van der Waals surface area contributed by atoms with Gasteiger partial charge in [0.05, 0.1) is 17.3 Å². The summed E-state index contributed by atoms with van der Waals surface area (Å²) in [5, 5.41) is 7.40. The number of carbonyl (C=O) groups is 1. The van der Waals surface area contributed by atoms with Gasteiger partial charge in [0.15, 0.2) is 0 Å². The highest BCUT2D eigenvalue weighted by Crippen LogP contribution is 2.38. The second-order valence-electron chi connectivity index (χ2n) is 9.59. The quantitative estimate of drug-likeness (QED) is 0.221. The molecule has 0 fully saturated rings. The summed E-state index contributed by atoms with van der Waals surface area (Å²) >= 11 is 7.11. The predicted octanol–water partition coefficient (Wildman–Crippen LogP) is 7.13. The van der Waals surface area contributed by atoms with E-state index in [0.717, 1.165) is 49.6 Å². The van der Waals surface area contributed by atoms with Gasteiger partial charge in [-0.15, -0.1) is 0 Å². The van der Waals surface area contributed by atoms with Gasteiger partial charge in [-0.3, -0.25) is 9.59 Å². The second-order valence-corrected chi connectivity index (χ2v) is 11.4. The van der Waals surface area contributed by atoms with Crippen molar-refractivity contribution in [1.29, 1.82) is 0 Å². The number of amides is 1. The van der Waals surface area contributed by atoms with E-state index >= 15 is 0 Å². The molecular weight excluding hydrogens is 620 g/mol. The molecule has 1 aliphatic heterocycles. The van der Waals surface area contributed by atoms with Crippen LogP contribution < -0.4 is 5.56 Å². The molecule has 1 unspecified atom stereocenters. The molecule has 8 heteroatoms. The molecule has 4 aromatic rings. The van der Waals surface area contributed by atoms with Crippen LogP contribution in [0.3, 0.4) is 0 Å². The number of hydrogen-bond acceptors (Lipinski definition) is 4. The fourth-order valence-electron chi connectivity index (χ4n) is 5.19. The molecule has 0 saturated carbocycles. The van der Waals surface area contributed by atoms with E-state index in [1.807, 2.05) is 72.8 Å². The first-order valence-corrected chi connectivity index (χ1v) is 14.8. The lowest BCUT2D eigenvalue weighted by Gasteiger charge is -2.24. The van der Waals surface area contributed by atoms with Gasteiger partial charge in [0.2, 0.25) is 5.91 Å². The summed E-state index contributed by atoms with van der Waals surface area (Å²) in [6.07, 6.45) is 0.805. The summed E-state index contributed by atoms with van der Waals surface area (Å²) in [7, 11) is 0. The summed E-state index contributed by atoms with van der Waals surface area (Å²) in [6.45, 7) is 6.63. The van der Waals surface area contributed by atoms with E-state index in [0.29, 0.717) is 30.7 Å². The first kappa shape index (κ1) is 27.5. The van der Waals surface area contributed by atoms with Crippen LogP contribution in [-0.2, 0) is 4.79 Å². The normalized spacial score (nSPS) is 15.3. The minimum atomic E-state index is -0.293. The van der Waals surface area contributed by atoms with Crippen molar-refractivity contribution in [3.63, 3.8) is 0 Å². The zero-order valence-corrected chi connectivity index (χ0v) is 25.1. The molecule has 1 amide bonds. The van der Waals surface area contributed by atoms with Crippen LogP contribution >= 0.6 is 31.9 Å². The standard InChI is InChI=1S/C31H30Br2N4O2/c1-3-36(4-2)17-16-28(38)37-27(20-10-12-22(32)13-11-20)19-26(35-37)30-29(21-8-6-5-7-9-21)24-18-23(33)14-15-25(24)34-31(30)39/h5-15,18,27H,3-4,16-17,19H2,1-2H3,(H,34,39). The van der Waals surface area contributed by atoms with E-state index in [4.69, 9.17) is 5.10 Å². The van der Waals surface area contributed by atoms with Crippen LogP contribution in [0.2, 0.25) is 0 Å². The predicted molar refractivity (Wildman–Crippen MR) is 165 cm³/mol. The Kier molecular flexibility index (Phi) is 8.45. The number of fused-ring (bicyclic) bond motifs is 1. The number of halogens is 2. The molecule has 1 N–H and O–H groups in total. The summed E-state index contributed by atoms with van der Waals surface area (Å²) < 4.78 is 1.88. The third kappa shape index (κ3) is 5.78. The fraction of sp³-hybridized carbons (Fsp3) is 0.258. The molecule has 0 bridgehead atoms. The van der Waals surface area contributed by atoms with Gasteiger partial charge in [-0.1, -0.05) is 88.2 Å². The van der Waals surface area contributed by atoms with Gasteiger partial charge in [-0.25, -0.2) is 5.01 Å². The minimum Gasteiger partial charge on any atom is -0.321 e. The number of benzene rings is 3. The third-order valence-corrected chi connectivity index (χ3v) is 8.31. The van der Waals surface area contributed by atoms with E-state index in [1.165, 1.54) is 0 Å². The average Bonchev–Trinajstić information content (AvgIpc) is 3.39. The SMILES string of the molecule is CCN(CC)CCC(=O)N1N=C(c2c(-c3ccccc3)c3cc(Br)ccc3[nH]c2=O)CC1c1ccc(Br)cc1. The smallest absolute Gasteiger partial charge is 0.258 e. The summed E-state index contributed by atoms with van der Waals surface area (Å²) in [5.41, 5.74) is 4.39. The maximum Gasteiger partial charge on any atom is 0.258 e. The molecule has 2 heterocycles. The van der Waals surface area contributed by atoms with Crippen molar-refractivity contribution in [3.8, 4) is 11.1 Å². The van der Waals surface area contributed by atoms with Gasteiger partial charge in [0, 0.05) is 44.8 Å². The maximum absolute atomic E-state index is 13.7. The van der Waals surface area contributed by atoms with Crippen molar-refractivity contribution in [1.82, 2.24) is 14.9 Å². The van der Waals surface area contributed by atoms with Crippen LogP contribution in [0.4, 0.5) is 0 Å². The third-order valence-electron chi connectivity index (χ3n) is 7.28. The van der Waals surface area contributed by atoms with Crippen LogP contribution in [0.15, 0.2) is 91.6 Å². The molecule has 39 heavy (non-hydrogen) atoms. The van der Waals surface area contributed by atoms with Crippen molar-refractivity contribution in [2.24, 2.45) is 5.10 Å². The molecule has 1 aromatic heterocycles. The second kappa shape index (κ2) is 12.0. The molecule has 1 aliphatic rings. The molecule has 6 nitrogen and oxygen atoms in total. The fourth-order valence-corrected chi connectivity index (χ4v) is 5.81. The van der Waals surface area contributed by atoms with Crippen molar-refractivity contribution >= 4 is 54.4 Å². The number of hydrogen-bond donors (Lipinski definition) is 1. The van der Waals surface area contributed by atoms with E-state index in [9.17, 15) is 9.59 Å². The number of pyridine rings is 1. The molecule has 200 valence electrons. The number of aromatic nitrogens is 1. The number of H-pyrrole nitrogens is 1. The lowest BCUT2D eigenvalue weighted by atomic mass is 9.91. The van der Waals surface area contributed by atoms with Gasteiger partial charge in [0.25, 0.3) is 5.56 Å². The van der Waals surface area contributed by atoms with Gasteiger partial charge in [-0.2, -0.15) is 5.10 Å². The van der Waals surface area contributed by atoms with Crippen molar-refractivity contribution in [3.05, 3.63) is 103 Å². The highest BCUT2D eigenvalue weighted by Gasteiger charge is 2.35. The van der Waals surface area contributed by atoms with E-state index in [2.05, 4.69) is 55.6 Å². The highest BCUT2D eigenvalue weighted by atomic mass is 79.9. The number of nitrogens with one attached hydrogen (secondary N) is 1. The van der Waals surface area contributed by atoms with E-state index in [-0.39, 0.29) is 17.5 Å². The van der Waals surface area contributed by atoms with E-state index < -0.39 is 0 Å². The topological polar surface area (TPSA) is 68.8 Å².